The van der Waals surface area contributed by atoms with Crippen LogP contribution in [0.4, 0.5) is 0 Å². The predicted octanol–water partition coefficient (Wildman–Crippen LogP) is 3.60. The van der Waals surface area contributed by atoms with Gasteiger partial charge < -0.3 is 4.90 Å². The van der Waals surface area contributed by atoms with Gasteiger partial charge in [0.25, 0.3) is 0 Å². The molecular weight excluding hydrogens is 214 g/mol. The van der Waals surface area contributed by atoms with E-state index in [2.05, 4.69) is 31.5 Å². The Balaban J connectivity index is 1.88. The highest BCUT2D eigenvalue weighted by Crippen LogP contribution is 2.43. The minimum atomic E-state index is 0.565. The SMILES string of the molecule is CC1CCCCC1N(C)CC1(CS)CCC1. The van der Waals surface area contributed by atoms with Crippen LogP contribution in [0.15, 0.2) is 0 Å². The van der Waals surface area contributed by atoms with E-state index in [1.165, 1.54) is 51.5 Å². The minimum Gasteiger partial charge on any atom is -0.303 e. The van der Waals surface area contributed by atoms with Crippen molar-refractivity contribution < 1.29 is 0 Å². The van der Waals surface area contributed by atoms with Crippen LogP contribution in [-0.2, 0) is 0 Å². The molecule has 0 heterocycles. The van der Waals surface area contributed by atoms with E-state index in [1.54, 1.807) is 0 Å². The monoisotopic (exact) mass is 241 g/mol. The van der Waals surface area contributed by atoms with Crippen molar-refractivity contribution in [2.45, 2.75) is 57.9 Å². The summed E-state index contributed by atoms with van der Waals surface area (Å²) in [5.74, 6) is 1.98. The Kier molecular flexibility index (Phi) is 4.23. The van der Waals surface area contributed by atoms with Crippen molar-refractivity contribution in [1.82, 2.24) is 4.90 Å². The van der Waals surface area contributed by atoms with Crippen LogP contribution in [0.3, 0.4) is 0 Å². The first-order valence-electron chi connectivity index (χ1n) is 6.98. The minimum absolute atomic E-state index is 0.565. The van der Waals surface area contributed by atoms with Crippen molar-refractivity contribution >= 4 is 12.6 Å². The predicted molar refractivity (Wildman–Crippen MR) is 74.2 cm³/mol. The molecule has 0 N–H and O–H groups in total. The van der Waals surface area contributed by atoms with Crippen LogP contribution in [0.2, 0.25) is 0 Å². The quantitative estimate of drug-likeness (QED) is 0.736. The highest BCUT2D eigenvalue weighted by molar-refractivity contribution is 7.80. The molecule has 0 radical (unpaired) electrons. The van der Waals surface area contributed by atoms with Crippen molar-refractivity contribution in [3.05, 3.63) is 0 Å². The van der Waals surface area contributed by atoms with Gasteiger partial charge in [-0.3, -0.25) is 0 Å². The Hall–Kier alpha value is 0.310. The molecule has 94 valence electrons. The molecule has 0 aromatic heterocycles. The van der Waals surface area contributed by atoms with E-state index >= 15 is 0 Å². The summed E-state index contributed by atoms with van der Waals surface area (Å²) < 4.78 is 0. The number of hydrogen-bond acceptors (Lipinski definition) is 2. The average Bonchev–Trinajstić information content (AvgIpc) is 2.24. The van der Waals surface area contributed by atoms with Gasteiger partial charge in [0, 0.05) is 12.6 Å². The van der Waals surface area contributed by atoms with Gasteiger partial charge >= 0.3 is 0 Å². The lowest BCUT2D eigenvalue weighted by Gasteiger charge is -2.47. The van der Waals surface area contributed by atoms with Gasteiger partial charge in [-0.1, -0.05) is 26.2 Å². The molecule has 2 fully saturated rings. The number of rotatable bonds is 4. The zero-order chi connectivity index (χ0) is 11.6. The van der Waals surface area contributed by atoms with Crippen molar-refractivity contribution in [1.29, 1.82) is 0 Å². The van der Waals surface area contributed by atoms with Gasteiger partial charge in [0.15, 0.2) is 0 Å². The van der Waals surface area contributed by atoms with Crippen molar-refractivity contribution in [2.75, 3.05) is 19.3 Å². The van der Waals surface area contributed by atoms with Gasteiger partial charge in [0.05, 0.1) is 0 Å². The molecule has 2 unspecified atom stereocenters. The molecular formula is C14H27NS. The van der Waals surface area contributed by atoms with E-state index in [1.807, 2.05) is 0 Å². The Morgan fingerprint density at radius 2 is 1.88 bits per heavy atom. The fourth-order valence-electron chi connectivity index (χ4n) is 3.64. The molecule has 0 spiro atoms. The van der Waals surface area contributed by atoms with Gasteiger partial charge in [0.2, 0.25) is 0 Å². The summed E-state index contributed by atoms with van der Waals surface area (Å²) in [5.41, 5.74) is 0.565. The second-order valence-corrected chi connectivity index (χ2v) is 6.57. The Morgan fingerprint density at radius 1 is 1.19 bits per heavy atom. The van der Waals surface area contributed by atoms with E-state index in [9.17, 15) is 0 Å². The van der Waals surface area contributed by atoms with Crippen LogP contribution in [0.1, 0.15) is 51.9 Å². The normalized spacial score (nSPS) is 33.8. The second-order valence-electron chi connectivity index (χ2n) is 6.26. The molecule has 0 amide bonds. The fourth-order valence-corrected chi connectivity index (χ4v) is 4.06. The van der Waals surface area contributed by atoms with Crippen LogP contribution in [0, 0.1) is 11.3 Å². The summed E-state index contributed by atoms with van der Waals surface area (Å²) in [4.78, 5) is 2.65. The summed E-state index contributed by atoms with van der Waals surface area (Å²) in [7, 11) is 2.34. The molecule has 2 rings (SSSR count). The van der Waals surface area contributed by atoms with Crippen LogP contribution in [0.5, 0.6) is 0 Å². The van der Waals surface area contributed by atoms with Gasteiger partial charge in [0.1, 0.15) is 0 Å². The molecule has 0 aromatic carbocycles. The molecule has 2 saturated carbocycles. The largest absolute Gasteiger partial charge is 0.303 e. The number of thiol groups is 1. The molecule has 0 saturated heterocycles. The Morgan fingerprint density at radius 3 is 2.38 bits per heavy atom. The van der Waals surface area contributed by atoms with Gasteiger partial charge in [-0.2, -0.15) is 12.6 Å². The lowest BCUT2D eigenvalue weighted by Crippen LogP contribution is -2.48. The summed E-state index contributed by atoms with van der Waals surface area (Å²) >= 11 is 4.57. The summed E-state index contributed by atoms with van der Waals surface area (Å²) in [5, 5.41) is 0. The lowest BCUT2D eigenvalue weighted by atomic mass is 9.69. The topological polar surface area (TPSA) is 3.24 Å². The van der Waals surface area contributed by atoms with Crippen LogP contribution < -0.4 is 0 Å². The molecule has 2 aliphatic carbocycles. The molecule has 1 nitrogen and oxygen atoms in total. The van der Waals surface area contributed by atoms with E-state index in [0.717, 1.165) is 17.7 Å². The van der Waals surface area contributed by atoms with E-state index in [4.69, 9.17) is 0 Å². The third-order valence-corrected chi connectivity index (χ3v) is 5.64. The van der Waals surface area contributed by atoms with E-state index in [-0.39, 0.29) is 0 Å². The molecule has 0 aliphatic heterocycles. The Labute approximate surface area is 106 Å². The van der Waals surface area contributed by atoms with Crippen LogP contribution >= 0.6 is 12.6 Å². The second kappa shape index (κ2) is 5.30. The van der Waals surface area contributed by atoms with Crippen LogP contribution in [0.25, 0.3) is 0 Å². The van der Waals surface area contributed by atoms with Gasteiger partial charge in [-0.15, -0.1) is 0 Å². The van der Waals surface area contributed by atoms with Crippen molar-refractivity contribution in [3.8, 4) is 0 Å². The molecule has 2 aliphatic rings. The number of nitrogens with zero attached hydrogens (tertiary/aromatic N) is 1. The third-order valence-electron chi connectivity index (χ3n) is 4.97. The van der Waals surface area contributed by atoms with E-state index < -0.39 is 0 Å². The molecule has 0 aromatic rings. The average molecular weight is 241 g/mol. The van der Waals surface area contributed by atoms with E-state index in [0.29, 0.717) is 5.41 Å². The summed E-state index contributed by atoms with van der Waals surface area (Å²) in [6.07, 6.45) is 9.97. The van der Waals surface area contributed by atoms with Gasteiger partial charge in [-0.25, -0.2) is 0 Å². The fraction of sp³-hybridized carbons (Fsp3) is 1.00. The maximum Gasteiger partial charge on any atom is 0.0118 e. The molecule has 0 bridgehead atoms. The summed E-state index contributed by atoms with van der Waals surface area (Å²) in [6.45, 7) is 3.72. The first kappa shape index (κ1) is 12.8. The molecule has 2 atom stereocenters. The van der Waals surface area contributed by atoms with Crippen molar-refractivity contribution in [3.63, 3.8) is 0 Å². The number of hydrogen-bond donors (Lipinski definition) is 1. The zero-order valence-electron chi connectivity index (χ0n) is 10.9. The Bertz CT molecular complexity index is 219. The first-order chi connectivity index (χ1) is 7.67. The maximum atomic E-state index is 4.57. The molecule has 16 heavy (non-hydrogen) atoms. The first-order valence-corrected chi connectivity index (χ1v) is 7.61. The standard InChI is InChI=1S/C14H27NS/c1-12-6-3-4-7-13(12)15(2)10-14(11-16)8-5-9-14/h12-13,16H,3-11H2,1-2H3. The highest BCUT2D eigenvalue weighted by atomic mass is 32.1. The zero-order valence-corrected chi connectivity index (χ0v) is 11.8. The smallest absolute Gasteiger partial charge is 0.0118 e. The highest BCUT2D eigenvalue weighted by Gasteiger charge is 2.38. The van der Waals surface area contributed by atoms with Crippen LogP contribution in [-0.4, -0.2) is 30.3 Å². The lowest BCUT2D eigenvalue weighted by molar-refractivity contribution is 0.0513. The summed E-state index contributed by atoms with van der Waals surface area (Å²) in [6, 6.07) is 0.839. The third kappa shape index (κ3) is 2.59. The van der Waals surface area contributed by atoms with Crippen molar-refractivity contribution in [2.24, 2.45) is 11.3 Å². The van der Waals surface area contributed by atoms with Gasteiger partial charge in [-0.05, 0) is 49.8 Å². The molecule has 2 heteroatoms. The maximum absolute atomic E-state index is 4.57.